The van der Waals surface area contributed by atoms with E-state index in [1.165, 1.54) is 11.1 Å². The monoisotopic (exact) mass is 316 g/mol. The Hall–Kier alpha value is -0.210. The van der Waals surface area contributed by atoms with Crippen LogP contribution in [0.5, 0.6) is 5.75 Å². The van der Waals surface area contributed by atoms with Gasteiger partial charge in [0.05, 0.1) is 12.5 Å². The fourth-order valence-electron chi connectivity index (χ4n) is 2.56. The first-order chi connectivity index (χ1) is 7.94. The molecule has 0 saturated heterocycles. The molecular formula is C14H18BrClO. The molecule has 0 bridgehead atoms. The molecule has 17 heavy (non-hydrogen) atoms. The Labute approximate surface area is 117 Å². The third-order valence-corrected chi connectivity index (χ3v) is 4.64. The van der Waals surface area contributed by atoms with Crippen LogP contribution in [0.2, 0.25) is 0 Å². The summed E-state index contributed by atoms with van der Waals surface area (Å²) in [6, 6.07) is 4.05. The van der Waals surface area contributed by atoms with Gasteiger partial charge in [0.25, 0.3) is 0 Å². The van der Waals surface area contributed by atoms with Gasteiger partial charge in [-0.25, -0.2) is 0 Å². The molecule has 1 nitrogen and oxygen atoms in total. The summed E-state index contributed by atoms with van der Waals surface area (Å²) in [5.41, 5.74) is 2.78. The van der Waals surface area contributed by atoms with Crippen molar-refractivity contribution >= 4 is 27.5 Å². The van der Waals surface area contributed by atoms with Gasteiger partial charge in [-0.15, -0.1) is 11.6 Å². The predicted octanol–water partition coefficient (Wildman–Crippen LogP) is 5.10. The molecule has 0 saturated carbocycles. The number of rotatable bonds is 1. The van der Waals surface area contributed by atoms with Crippen LogP contribution in [0.1, 0.15) is 43.2 Å². The highest BCUT2D eigenvalue weighted by Crippen LogP contribution is 2.47. The lowest BCUT2D eigenvalue weighted by Gasteiger charge is -2.23. The zero-order valence-electron chi connectivity index (χ0n) is 10.5. The van der Waals surface area contributed by atoms with E-state index >= 15 is 0 Å². The average molecular weight is 318 g/mol. The minimum atomic E-state index is 0.0620. The molecule has 0 spiro atoms. The molecule has 1 aromatic rings. The third kappa shape index (κ3) is 2.63. The SMILES string of the molecule is COc1ccc(Br)c2c1CCC(C)(C)CC2Cl. The molecule has 0 aromatic heterocycles. The topological polar surface area (TPSA) is 9.23 Å². The Kier molecular flexibility index (Phi) is 3.74. The van der Waals surface area contributed by atoms with Crippen molar-refractivity contribution in [3.8, 4) is 5.75 Å². The second-order valence-corrected chi connectivity index (χ2v) is 6.86. The van der Waals surface area contributed by atoms with Crippen LogP contribution in [0, 0.1) is 5.41 Å². The number of benzene rings is 1. The van der Waals surface area contributed by atoms with Gasteiger partial charge in [0.15, 0.2) is 0 Å². The van der Waals surface area contributed by atoms with E-state index < -0.39 is 0 Å². The van der Waals surface area contributed by atoms with E-state index in [0.29, 0.717) is 0 Å². The van der Waals surface area contributed by atoms with E-state index in [0.717, 1.165) is 29.5 Å². The average Bonchev–Trinajstić information content (AvgIpc) is 2.36. The minimum Gasteiger partial charge on any atom is -0.496 e. The zero-order valence-corrected chi connectivity index (χ0v) is 12.9. The fraction of sp³-hybridized carbons (Fsp3) is 0.571. The van der Waals surface area contributed by atoms with Crippen molar-refractivity contribution in [2.75, 3.05) is 7.11 Å². The van der Waals surface area contributed by atoms with Gasteiger partial charge >= 0.3 is 0 Å². The lowest BCUT2D eigenvalue weighted by molar-refractivity contribution is 0.312. The summed E-state index contributed by atoms with van der Waals surface area (Å²) in [6.45, 7) is 4.57. The van der Waals surface area contributed by atoms with E-state index in [9.17, 15) is 0 Å². The Morgan fingerprint density at radius 1 is 1.41 bits per heavy atom. The van der Waals surface area contributed by atoms with Crippen molar-refractivity contribution in [1.82, 2.24) is 0 Å². The molecule has 0 aliphatic heterocycles. The van der Waals surface area contributed by atoms with E-state index in [2.05, 4.69) is 29.8 Å². The maximum atomic E-state index is 6.58. The first kappa shape index (κ1) is 13.2. The Morgan fingerprint density at radius 3 is 2.76 bits per heavy atom. The van der Waals surface area contributed by atoms with Crippen molar-refractivity contribution in [3.05, 3.63) is 27.7 Å². The van der Waals surface area contributed by atoms with Crippen LogP contribution in [-0.2, 0) is 6.42 Å². The quantitative estimate of drug-likeness (QED) is 0.517. The highest BCUT2D eigenvalue weighted by atomic mass is 79.9. The zero-order chi connectivity index (χ0) is 12.6. The van der Waals surface area contributed by atoms with Gasteiger partial charge in [0.2, 0.25) is 0 Å². The standard InChI is InChI=1S/C14H18BrClO/c1-14(2)7-6-9-12(17-3)5-4-10(15)13(9)11(16)8-14/h4-5,11H,6-8H2,1-3H3. The van der Waals surface area contributed by atoms with Crippen LogP contribution in [0.4, 0.5) is 0 Å². The Balaban J connectivity index is 2.53. The predicted molar refractivity (Wildman–Crippen MR) is 76.0 cm³/mol. The largest absolute Gasteiger partial charge is 0.496 e. The highest BCUT2D eigenvalue weighted by Gasteiger charge is 2.31. The van der Waals surface area contributed by atoms with Gasteiger partial charge in [-0.05, 0) is 47.9 Å². The van der Waals surface area contributed by atoms with Gasteiger partial charge in [0, 0.05) is 4.47 Å². The first-order valence-electron chi connectivity index (χ1n) is 5.94. The van der Waals surface area contributed by atoms with Crippen LogP contribution in [0.25, 0.3) is 0 Å². The number of ether oxygens (including phenoxy) is 1. The van der Waals surface area contributed by atoms with Crippen molar-refractivity contribution in [2.24, 2.45) is 5.41 Å². The van der Waals surface area contributed by atoms with Crippen molar-refractivity contribution < 1.29 is 4.74 Å². The molecule has 3 heteroatoms. The van der Waals surface area contributed by atoms with E-state index in [1.807, 2.05) is 12.1 Å². The molecule has 0 amide bonds. The summed E-state index contributed by atoms with van der Waals surface area (Å²) in [4.78, 5) is 0. The van der Waals surface area contributed by atoms with Crippen LogP contribution in [0.3, 0.4) is 0 Å². The number of hydrogen-bond acceptors (Lipinski definition) is 1. The molecule has 0 heterocycles. The smallest absolute Gasteiger partial charge is 0.122 e. The van der Waals surface area contributed by atoms with Gasteiger partial charge in [-0.3, -0.25) is 0 Å². The maximum absolute atomic E-state index is 6.58. The molecule has 1 aliphatic rings. The van der Waals surface area contributed by atoms with Gasteiger partial charge in [0.1, 0.15) is 5.75 Å². The normalized spacial score (nSPS) is 22.8. The van der Waals surface area contributed by atoms with Gasteiger partial charge in [-0.2, -0.15) is 0 Å². The number of hydrogen-bond donors (Lipinski definition) is 0. The van der Waals surface area contributed by atoms with Gasteiger partial charge < -0.3 is 4.74 Å². The van der Waals surface area contributed by atoms with Crippen molar-refractivity contribution in [2.45, 2.75) is 38.5 Å². The van der Waals surface area contributed by atoms with Crippen LogP contribution >= 0.6 is 27.5 Å². The Bertz CT molecular complexity index is 428. The molecule has 0 radical (unpaired) electrons. The number of alkyl halides is 1. The van der Waals surface area contributed by atoms with E-state index in [1.54, 1.807) is 7.11 Å². The molecule has 1 atom stereocenters. The summed E-state index contributed by atoms with van der Waals surface area (Å²) in [5.74, 6) is 0.964. The number of fused-ring (bicyclic) bond motifs is 1. The number of halogens is 2. The fourth-order valence-corrected chi connectivity index (χ4v) is 4.00. The van der Waals surface area contributed by atoms with Crippen molar-refractivity contribution in [1.29, 1.82) is 0 Å². The molecular weight excluding hydrogens is 300 g/mol. The van der Waals surface area contributed by atoms with E-state index in [-0.39, 0.29) is 10.8 Å². The maximum Gasteiger partial charge on any atom is 0.122 e. The Morgan fingerprint density at radius 2 is 2.12 bits per heavy atom. The van der Waals surface area contributed by atoms with Gasteiger partial charge in [-0.1, -0.05) is 29.8 Å². The van der Waals surface area contributed by atoms with Crippen LogP contribution in [0.15, 0.2) is 16.6 Å². The second kappa shape index (κ2) is 4.81. The summed E-state index contributed by atoms with van der Waals surface area (Å²) in [5, 5.41) is 0.0620. The lowest BCUT2D eigenvalue weighted by Crippen LogP contribution is -2.11. The lowest BCUT2D eigenvalue weighted by atomic mass is 9.84. The van der Waals surface area contributed by atoms with Crippen LogP contribution < -0.4 is 4.74 Å². The summed E-state index contributed by atoms with van der Waals surface area (Å²) < 4.78 is 6.56. The molecule has 1 unspecified atom stereocenters. The molecule has 0 fully saturated rings. The second-order valence-electron chi connectivity index (χ2n) is 5.48. The van der Waals surface area contributed by atoms with Crippen LogP contribution in [-0.4, -0.2) is 7.11 Å². The minimum absolute atomic E-state index is 0.0620. The molecule has 1 aliphatic carbocycles. The number of methoxy groups -OCH3 is 1. The first-order valence-corrected chi connectivity index (χ1v) is 7.17. The summed E-state index contributed by atoms with van der Waals surface area (Å²) in [7, 11) is 1.72. The summed E-state index contributed by atoms with van der Waals surface area (Å²) >= 11 is 10.2. The summed E-state index contributed by atoms with van der Waals surface area (Å²) in [6.07, 6.45) is 3.19. The molecule has 1 aromatic carbocycles. The third-order valence-electron chi connectivity index (χ3n) is 3.58. The van der Waals surface area contributed by atoms with E-state index in [4.69, 9.17) is 16.3 Å². The molecule has 94 valence electrons. The molecule has 2 rings (SSSR count). The van der Waals surface area contributed by atoms with Crippen molar-refractivity contribution in [3.63, 3.8) is 0 Å². The highest BCUT2D eigenvalue weighted by molar-refractivity contribution is 9.10. The molecule has 0 N–H and O–H groups in total.